The summed E-state index contributed by atoms with van der Waals surface area (Å²) in [6, 6.07) is 0. The van der Waals surface area contributed by atoms with Gasteiger partial charge in [0, 0.05) is 79.3 Å². The van der Waals surface area contributed by atoms with E-state index >= 15 is 0 Å². The van der Waals surface area contributed by atoms with Crippen molar-refractivity contribution in [2.45, 2.75) is 116 Å². The van der Waals surface area contributed by atoms with Crippen LogP contribution in [0, 0.1) is 0 Å². The first kappa shape index (κ1) is 33.8. The van der Waals surface area contributed by atoms with Crippen LogP contribution in [0.4, 0.5) is 0 Å². The van der Waals surface area contributed by atoms with Gasteiger partial charge in [0.25, 0.3) is 0 Å². The molecular weight excluding hydrogens is 456 g/mol. The lowest BCUT2D eigenvalue weighted by molar-refractivity contribution is 0.0967. The molecule has 36 heavy (non-hydrogen) atoms. The van der Waals surface area contributed by atoms with Crippen LogP contribution in [0.25, 0.3) is 0 Å². The fourth-order valence-corrected chi connectivity index (χ4v) is 4.12. The second-order valence-corrected chi connectivity index (χ2v) is 10.0. The predicted molar refractivity (Wildman–Crippen MR) is 148 cm³/mol. The van der Waals surface area contributed by atoms with E-state index in [0.29, 0.717) is 0 Å². The summed E-state index contributed by atoms with van der Waals surface area (Å²) in [6.07, 6.45) is 23.6. The molecular formula is C30H60O6. The van der Waals surface area contributed by atoms with Crippen LogP contribution in [0.15, 0.2) is 0 Å². The maximum Gasteiger partial charge on any atom is 0.0466 e. The third-order valence-electron chi connectivity index (χ3n) is 6.46. The third-order valence-corrected chi connectivity index (χ3v) is 6.46. The monoisotopic (exact) mass is 516 g/mol. The van der Waals surface area contributed by atoms with Gasteiger partial charge in [-0.1, -0.05) is 0 Å². The first-order chi connectivity index (χ1) is 18.0. The minimum atomic E-state index is 1.00. The summed E-state index contributed by atoms with van der Waals surface area (Å²) >= 11 is 0. The van der Waals surface area contributed by atoms with Crippen molar-refractivity contribution < 1.29 is 28.4 Å². The van der Waals surface area contributed by atoms with Crippen molar-refractivity contribution in [3.8, 4) is 0 Å². The lowest BCUT2D eigenvalue weighted by atomic mass is 10.2. The Morgan fingerprint density at radius 3 is 0.278 bits per heavy atom. The Morgan fingerprint density at radius 2 is 0.250 bits per heavy atom. The van der Waals surface area contributed by atoms with E-state index in [9.17, 15) is 0 Å². The molecule has 0 aromatic rings. The molecule has 6 rings (SSSR count). The fraction of sp³-hybridized carbons (Fsp3) is 1.00. The van der Waals surface area contributed by atoms with E-state index in [1.807, 2.05) is 0 Å². The minimum Gasteiger partial charge on any atom is -0.381 e. The standard InChI is InChI=1S/6C5H10O/c6*1-2-4-6-5-3-1/h6*1-5H2. The molecule has 6 nitrogen and oxygen atoms in total. The number of hydrogen-bond donors (Lipinski definition) is 0. The van der Waals surface area contributed by atoms with E-state index in [1.165, 1.54) is 116 Å². The molecule has 0 aromatic carbocycles. The number of ether oxygens (including phenoxy) is 6. The summed E-state index contributed by atoms with van der Waals surface area (Å²) < 4.78 is 30.4. The van der Waals surface area contributed by atoms with E-state index in [-0.39, 0.29) is 0 Å². The molecule has 0 unspecified atom stereocenters. The number of hydrogen-bond acceptors (Lipinski definition) is 6. The molecule has 0 aromatic heterocycles. The minimum absolute atomic E-state index is 1.00. The Bertz CT molecular complexity index is 210. The normalized spacial score (nSPS) is 24.0. The molecule has 6 saturated heterocycles. The highest BCUT2D eigenvalue weighted by atomic mass is 16.5. The van der Waals surface area contributed by atoms with Gasteiger partial charge < -0.3 is 28.4 Å². The maximum absolute atomic E-state index is 5.07. The Kier molecular flexibility index (Phi) is 29.1. The molecule has 0 saturated carbocycles. The zero-order valence-electron chi connectivity index (χ0n) is 23.7. The quantitative estimate of drug-likeness (QED) is 0.342. The van der Waals surface area contributed by atoms with Crippen molar-refractivity contribution in [3.63, 3.8) is 0 Å². The summed E-state index contributed by atoms with van der Waals surface area (Å²) in [7, 11) is 0. The average molecular weight is 517 g/mol. The lowest BCUT2D eigenvalue weighted by Gasteiger charge is -2.08. The largest absolute Gasteiger partial charge is 0.381 e. The van der Waals surface area contributed by atoms with Gasteiger partial charge in [0.1, 0.15) is 0 Å². The van der Waals surface area contributed by atoms with Gasteiger partial charge in [0.2, 0.25) is 0 Å². The average Bonchev–Trinajstić information content (AvgIpc) is 3.04. The van der Waals surface area contributed by atoms with Crippen LogP contribution in [-0.2, 0) is 28.4 Å². The Balaban J connectivity index is 0.000000216. The van der Waals surface area contributed by atoms with Gasteiger partial charge in [0.15, 0.2) is 0 Å². The van der Waals surface area contributed by atoms with Crippen LogP contribution in [-0.4, -0.2) is 79.3 Å². The fourth-order valence-electron chi connectivity index (χ4n) is 4.12. The lowest BCUT2D eigenvalue weighted by Crippen LogP contribution is -2.03. The van der Waals surface area contributed by atoms with Gasteiger partial charge in [-0.15, -0.1) is 0 Å². The van der Waals surface area contributed by atoms with Crippen molar-refractivity contribution in [3.05, 3.63) is 0 Å². The van der Waals surface area contributed by atoms with Crippen LogP contribution >= 0.6 is 0 Å². The topological polar surface area (TPSA) is 55.4 Å². The van der Waals surface area contributed by atoms with Gasteiger partial charge in [0.05, 0.1) is 0 Å². The second-order valence-electron chi connectivity index (χ2n) is 10.0. The van der Waals surface area contributed by atoms with Crippen LogP contribution in [0.1, 0.15) is 116 Å². The highest BCUT2D eigenvalue weighted by Crippen LogP contribution is 2.04. The molecule has 0 radical (unpaired) electrons. The molecule has 0 spiro atoms. The summed E-state index contributed by atoms with van der Waals surface area (Å²) in [6.45, 7) is 12.0. The highest BCUT2D eigenvalue weighted by Gasteiger charge is 1.97. The van der Waals surface area contributed by atoms with Crippen molar-refractivity contribution >= 4 is 0 Å². The highest BCUT2D eigenvalue weighted by molar-refractivity contribution is 4.48. The SMILES string of the molecule is C1CCOCC1.C1CCOCC1.C1CCOCC1.C1CCOCC1.C1CCOCC1.C1CCOCC1. The first-order valence-corrected chi connectivity index (χ1v) is 15.5. The summed E-state index contributed by atoms with van der Waals surface area (Å²) in [5.74, 6) is 0. The molecule has 0 aliphatic carbocycles. The van der Waals surface area contributed by atoms with E-state index in [0.717, 1.165) is 79.3 Å². The first-order valence-electron chi connectivity index (χ1n) is 15.5. The van der Waals surface area contributed by atoms with E-state index in [1.54, 1.807) is 0 Å². The van der Waals surface area contributed by atoms with Gasteiger partial charge in [-0.05, 0) is 116 Å². The van der Waals surface area contributed by atoms with E-state index in [4.69, 9.17) is 28.4 Å². The van der Waals surface area contributed by atoms with Crippen LogP contribution < -0.4 is 0 Å². The van der Waals surface area contributed by atoms with Crippen LogP contribution in [0.3, 0.4) is 0 Å². The molecule has 0 N–H and O–H groups in total. The zero-order valence-corrected chi connectivity index (χ0v) is 23.7. The Hall–Kier alpha value is -0.240. The predicted octanol–water partition coefficient (Wildman–Crippen LogP) is 7.12. The van der Waals surface area contributed by atoms with Crippen LogP contribution in [0.2, 0.25) is 0 Å². The molecule has 0 bridgehead atoms. The zero-order chi connectivity index (χ0) is 25.5. The molecule has 6 aliphatic heterocycles. The van der Waals surface area contributed by atoms with Crippen molar-refractivity contribution in [2.24, 2.45) is 0 Å². The molecule has 6 heterocycles. The molecule has 216 valence electrons. The summed E-state index contributed by atoms with van der Waals surface area (Å²) in [5, 5.41) is 0. The molecule has 0 atom stereocenters. The van der Waals surface area contributed by atoms with Gasteiger partial charge in [-0.3, -0.25) is 0 Å². The van der Waals surface area contributed by atoms with E-state index in [2.05, 4.69) is 0 Å². The maximum atomic E-state index is 5.07. The molecule has 6 aliphatic rings. The Labute approximate surface area is 223 Å². The van der Waals surface area contributed by atoms with Gasteiger partial charge in [-0.25, -0.2) is 0 Å². The summed E-state index contributed by atoms with van der Waals surface area (Å²) in [4.78, 5) is 0. The van der Waals surface area contributed by atoms with Gasteiger partial charge >= 0.3 is 0 Å². The molecule has 6 heteroatoms. The van der Waals surface area contributed by atoms with Crippen molar-refractivity contribution in [2.75, 3.05) is 79.3 Å². The number of rotatable bonds is 0. The second kappa shape index (κ2) is 31.0. The third kappa shape index (κ3) is 28.3. The van der Waals surface area contributed by atoms with E-state index < -0.39 is 0 Å². The van der Waals surface area contributed by atoms with Crippen LogP contribution in [0.5, 0.6) is 0 Å². The molecule has 6 fully saturated rings. The van der Waals surface area contributed by atoms with Crippen molar-refractivity contribution in [1.82, 2.24) is 0 Å². The summed E-state index contributed by atoms with van der Waals surface area (Å²) in [5.41, 5.74) is 0. The Morgan fingerprint density at radius 1 is 0.139 bits per heavy atom. The smallest absolute Gasteiger partial charge is 0.0466 e. The van der Waals surface area contributed by atoms with Crippen molar-refractivity contribution in [1.29, 1.82) is 0 Å². The van der Waals surface area contributed by atoms with Gasteiger partial charge in [-0.2, -0.15) is 0 Å². The molecule has 0 amide bonds.